The number of carbonyl (C=O) groups excluding carboxylic acids is 1. The van der Waals surface area contributed by atoms with Crippen molar-refractivity contribution in [2.75, 3.05) is 12.0 Å². The Bertz CT molecular complexity index is 719. The highest BCUT2D eigenvalue weighted by Gasteiger charge is 2.47. The van der Waals surface area contributed by atoms with Crippen molar-refractivity contribution >= 4 is 17.7 Å². The van der Waals surface area contributed by atoms with Gasteiger partial charge < -0.3 is 9.64 Å². The molecule has 0 aliphatic carbocycles. The van der Waals surface area contributed by atoms with Gasteiger partial charge in [-0.2, -0.15) is 0 Å². The molecule has 0 N–H and O–H groups in total. The van der Waals surface area contributed by atoms with Crippen LogP contribution in [-0.4, -0.2) is 19.1 Å². The van der Waals surface area contributed by atoms with Crippen molar-refractivity contribution in [3.8, 4) is 5.75 Å². The fourth-order valence-electron chi connectivity index (χ4n) is 3.23. The molecule has 0 bridgehead atoms. The Labute approximate surface area is 143 Å². The van der Waals surface area contributed by atoms with E-state index in [-0.39, 0.29) is 17.9 Å². The number of hydrogen-bond acceptors (Lipinski definition) is 2. The lowest BCUT2D eigenvalue weighted by Gasteiger charge is -2.47. The van der Waals surface area contributed by atoms with Crippen LogP contribution in [0.1, 0.15) is 19.4 Å². The van der Waals surface area contributed by atoms with Crippen molar-refractivity contribution in [1.82, 2.24) is 0 Å². The van der Waals surface area contributed by atoms with E-state index in [9.17, 15) is 4.79 Å². The van der Waals surface area contributed by atoms with Crippen LogP contribution in [0.2, 0.25) is 0 Å². The van der Waals surface area contributed by atoms with Gasteiger partial charge in [-0.05, 0) is 35.7 Å². The average Bonchev–Trinajstić information content (AvgIpc) is 2.59. The molecule has 0 radical (unpaired) electrons. The third-order valence-electron chi connectivity index (χ3n) is 4.54. The number of carbonyl (C=O) groups is 1. The van der Waals surface area contributed by atoms with Gasteiger partial charge in [-0.3, -0.25) is 4.79 Å². The average molecular weight is 321 g/mol. The maximum absolute atomic E-state index is 12.6. The van der Waals surface area contributed by atoms with Gasteiger partial charge in [0.1, 0.15) is 5.75 Å². The van der Waals surface area contributed by atoms with E-state index in [0.717, 1.165) is 17.0 Å². The Morgan fingerprint density at radius 3 is 2.29 bits per heavy atom. The summed E-state index contributed by atoms with van der Waals surface area (Å²) in [6.45, 7) is 4.22. The summed E-state index contributed by atoms with van der Waals surface area (Å²) in [7, 11) is 1.64. The molecule has 0 unspecified atom stereocenters. The highest BCUT2D eigenvalue weighted by Crippen LogP contribution is 2.38. The molecule has 2 aromatic carbocycles. The van der Waals surface area contributed by atoms with Crippen LogP contribution in [0, 0.1) is 11.8 Å². The van der Waals surface area contributed by atoms with E-state index in [1.807, 2.05) is 47.4 Å². The zero-order valence-corrected chi connectivity index (χ0v) is 14.3. The van der Waals surface area contributed by atoms with Crippen LogP contribution in [-0.2, 0) is 4.79 Å². The largest absolute Gasteiger partial charge is 0.497 e. The Kier molecular flexibility index (Phi) is 4.70. The van der Waals surface area contributed by atoms with Gasteiger partial charge in [-0.1, -0.05) is 56.3 Å². The van der Waals surface area contributed by atoms with Crippen LogP contribution in [0.5, 0.6) is 5.75 Å². The first-order valence-corrected chi connectivity index (χ1v) is 8.32. The summed E-state index contributed by atoms with van der Waals surface area (Å²) < 4.78 is 5.20. The highest BCUT2D eigenvalue weighted by atomic mass is 16.5. The lowest BCUT2D eigenvalue weighted by atomic mass is 9.78. The molecule has 24 heavy (non-hydrogen) atoms. The molecule has 3 nitrogen and oxygen atoms in total. The normalized spacial score (nSPS) is 20.5. The maximum Gasteiger partial charge on any atom is 0.233 e. The zero-order chi connectivity index (χ0) is 17.1. The molecule has 1 aliphatic heterocycles. The lowest BCUT2D eigenvalue weighted by Crippen LogP contribution is -2.62. The molecule has 124 valence electrons. The summed E-state index contributed by atoms with van der Waals surface area (Å²) in [5.74, 6) is 1.34. The van der Waals surface area contributed by atoms with Gasteiger partial charge in [0.25, 0.3) is 0 Å². The predicted octanol–water partition coefficient (Wildman–Crippen LogP) is 4.40. The van der Waals surface area contributed by atoms with Crippen molar-refractivity contribution in [2.24, 2.45) is 11.8 Å². The Balaban J connectivity index is 1.86. The first kappa shape index (κ1) is 16.3. The van der Waals surface area contributed by atoms with E-state index in [0.29, 0.717) is 5.92 Å². The van der Waals surface area contributed by atoms with Crippen LogP contribution < -0.4 is 9.64 Å². The summed E-state index contributed by atoms with van der Waals surface area (Å²) in [4.78, 5) is 14.5. The third-order valence-corrected chi connectivity index (χ3v) is 4.54. The molecule has 1 saturated heterocycles. The number of β-lactam (4-membered cyclic amide) rings is 1. The van der Waals surface area contributed by atoms with E-state index in [2.05, 4.69) is 38.1 Å². The van der Waals surface area contributed by atoms with Crippen molar-refractivity contribution in [3.05, 3.63) is 66.2 Å². The number of amides is 1. The second kappa shape index (κ2) is 6.91. The van der Waals surface area contributed by atoms with E-state index in [4.69, 9.17) is 4.74 Å². The molecule has 0 aromatic heterocycles. The van der Waals surface area contributed by atoms with Crippen LogP contribution in [0.3, 0.4) is 0 Å². The van der Waals surface area contributed by atoms with Crippen LogP contribution in [0.25, 0.3) is 6.08 Å². The van der Waals surface area contributed by atoms with Gasteiger partial charge in [0.2, 0.25) is 5.91 Å². The van der Waals surface area contributed by atoms with Crippen molar-refractivity contribution in [1.29, 1.82) is 0 Å². The molecule has 3 rings (SSSR count). The number of benzene rings is 2. The Hall–Kier alpha value is -2.55. The minimum absolute atomic E-state index is 0.0343. The number of anilines is 1. The minimum Gasteiger partial charge on any atom is -0.497 e. The maximum atomic E-state index is 12.6. The first-order valence-electron chi connectivity index (χ1n) is 8.32. The topological polar surface area (TPSA) is 29.5 Å². The summed E-state index contributed by atoms with van der Waals surface area (Å²) >= 11 is 0. The number of ether oxygens (including phenoxy) is 1. The molecule has 1 amide bonds. The molecule has 0 spiro atoms. The Morgan fingerprint density at radius 2 is 1.71 bits per heavy atom. The van der Waals surface area contributed by atoms with Crippen molar-refractivity contribution < 1.29 is 9.53 Å². The molecule has 1 aliphatic rings. The Morgan fingerprint density at radius 1 is 1.04 bits per heavy atom. The molecule has 1 fully saturated rings. The van der Waals surface area contributed by atoms with Crippen molar-refractivity contribution in [3.63, 3.8) is 0 Å². The predicted molar refractivity (Wildman–Crippen MR) is 98.1 cm³/mol. The third kappa shape index (κ3) is 3.07. The molecular weight excluding hydrogens is 298 g/mol. The van der Waals surface area contributed by atoms with Gasteiger partial charge >= 0.3 is 0 Å². The highest BCUT2D eigenvalue weighted by molar-refractivity contribution is 6.04. The quantitative estimate of drug-likeness (QED) is 0.764. The summed E-state index contributed by atoms with van der Waals surface area (Å²) in [6.07, 6.45) is 4.24. The number of methoxy groups -OCH3 is 1. The van der Waals surface area contributed by atoms with Crippen LogP contribution in [0.4, 0.5) is 5.69 Å². The van der Waals surface area contributed by atoms with Gasteiger partial charge in [-0.15, -0.1) is 0 Å². The zero-order valence-electron chi connectivity index (χ0n) is 14.3. The van der Waals surface area contributed by atoms with E-state index < -0.39 is 0 Å². The summed E-state index contributed by atoms with van der Waals surface area (Å²) in [5.41, 5.74) is 2.06. The van der Waals surface area contributed by atoms with Gasteiger partial charge in [0.05, 0.1) is 19.1 Å². The first-order chi connectivity index (χ1) is 11.6. The standard InChI is InChI=1S/C21H23NO2/c1-15(2)20-19(14-9-16-7-5-4-6-8-16)22(21(20)23)17-10-12-18(24-3)13-11-17/h4-15,19-20H,1-3H3/b14-9+/t19-,20-/m1/s1. The van der Waals surface area contributed by atoms with E-state index >= 15 is 0 Å². The van der Waals surface area contributed by atoms with E-state index in [1.54, 1.807) is 7.11 Å². The molecule has 2 aromatic rings. The lowest BCUT2D eigenvalue weighted by molar-refractivity contribution is -0.130. The number of rotatable bonds is 5. The van der Waals surface area contributed by atoms with Gasteiger partial charge in [0.15, 0.2) is 0 Å². The monoisotopic (exact) mass is 321 g/mol. The second-order valence-electron chi connectivity index (χ2n) is 6.44. The number of hydrogen-bond donors (Lipinski definition) is 0. The van der Waals surface area contributed by atoms with Crippen LogP contribution >= 0.6 is 0 Å². The SMILES string of the molecule is COc1ccc(N2C(=O)[C@H](C(C)C)[C@H]2/C=C/c2ccccc2)cc1. The second-order valence-corrected chi connectivity index (χ2v) is 6.44. The smallest absolute Gasteiger partial charge is 0.233 e. The molecule has 0 saturated carbocycles. The molecule has 1 heterocycles. The van der Waals surface area contributed by atoms with Gasteiger partial charge in [0, 0.05) is 5.69 Å². The number of nitrogens with zero attached hydrogens (tertiary/aromatic N) is 1. The summed E-state index contributed by atoms with van der Waals surface area (Å²) in [5, 5.41) is 0. The molecule has 3 heteroatoms. The molecule has 2 atom stereocenters. The minimum atomic E-state index is 0.0343. The fraction of sp³-hybridized carbons (Fsp3) is 0.286. The van der Waals surface area contributed by atoms with Crippen molar-refractivity contribution in [2.45, 2.75) is 19.9 Å². The molecular formula is C21H23NO2. The fourth-order valence-corrected chi connectivity index (χ4v) is 3.23. The summed E-state index contributed by atoms with van der Waals surface area (Å²) in [6, 6.07) is 17.9. The van der Waals surface area contributed by atoms with Gasteiger partial charge in [-0.25, -0.2) is 0 Å². The van der Waals surface area contributed by atoms with Crippen LogP contribution in [0.15, 0.2) is 60.7 Å². The van der Waals surface area contributed by atoms with E-state index in [1.165, 1.54) is 0 Å².